The fourth-order valence-corrected chi connectivity index (χ4v) is 4.64. The highest BCUT2D eigenvalue weighted by Crippen LogP contribution is 2.28. The molecule has 3 aromatic carbocycles. The van der Waals surface area contributed by atoms with E-state index in [1.807, 2.05) is 68.4 Å². The fourth-order valence-electron chi connectivity index (χ4n) is 4.13. The highest BCUT2D eigenvalue weighted by molar-refractivity contribution is 6.36. The number of ether oxygens (including phenoxy) is 1. The number of benzene rings is 3. The number of carbonyl (C=O) groups excluding carboxylic acids is 2. The van der Waals surface area contributed by atoms with Gasteiger partial charge in [0.2, 0.25) is 5.91 Å². The van der Waals surface area contributed by atoms with E-state index in [-0.39, 0.29) is 36.4 Å². The van der Waals surface area contributed by atoms with Gasteiger partial charge in [-0.15, -0.1) is 0 Å². The van der Waals surface area contributed by atoms with Crippen LogP contribution in [0.3, 0.4) is 0 Å². The minimum atomic E-state index is -0.798. The lowest BCUT2D eigenvalue weighted by Crippen LogP contribution is -2.53. The van der Waals surface area contributed by atoms with Crippen LogP contribution in [0.5, 0.6) is 5.75 Å². The van der Waals surface area contributed by atoms with Gasteiger partial charge in [0.05, 0.1) is 0 Å². The lowest BCUT2D eigenvalue weighted by Gasteiger charge is -2.32. The van der Waals surface area contributed by atoms with Crippen LogP contribution in [0.15, 0.2) is 72.8 Å². The van der Waals surface area contributed by atoms with Gasteiger partial charge >= 0.3 is 0 Å². The maximum Gasteiger partial charge on any atom is 0.261 e. The SMILES string of the molecule is CC[C@@H](C)NC(=O)[C@H](Cc1ccccc1)N(Cc1c(Cl)cccc1Cl)C(=O)COc1ccc(C(C)(C)C)cc1. The average Bonchev–Trinajstić information content (AvgIpc) is 2.90. The zero-order valence-corrected chi connectivity index (χ0v) is 24.9. The van der Waals surface area contributed by atoms with Crippen molar-refractivity contribution in [2.75, 3.05) is 6.61 Å². The lowest BCUT2D eigenvalue weighted by atomic mass is 9.87. The molecule has 3 rings (SSSR count). The van der Waals surface area contributed by atoms with Crippen LogP contribution in [-0.2, 0) is 28.0 Å². The first-order valence-corrected chi connectivity index (χ1v) is 14.0. The number of hydrogen-bond donors (Lipinski definition) is 1. The van der Waals surface area contributed by atoms with Gasteiger partial charge in [0.25, 0.3) is 5.91 Å². The molecule has 0 aromatic heterocycles. The summed E-state index contributed by atoms with van der Waals surface area (Å²) < 4.78 is 5.91. The van der Waals surface area contributed by atoms with Gasteiger partial charge in [0.1, 0.15) is 11.8 Å². The van der Waals surface area contributed by atoms with E-state index in [1.54, 1.807) is 18.2 Å². The summed E-state index contributed by atoms with van der Waals surface area (Å²) >= 11 is 13.0. The van der Waals surface area contributed by atoms with Crippen LogP contribution >= 0.6 is 23.2 Å². The van der Waals surface area contributed by atoms with Gasteiger partial charge in [-0.25, -0.2) is 0 Å². The first-order chi connectivity index (χ1) is 18.5. The van der Waals surface area contributed by atoms with Crippen molar-refractivity contribution >= 4 is 35.0 Å². The van der Waals surface area contributed by atoms with Gasteiger partial charge < -0.3 is 15.0 Å². The molecule has 0 saturated carbocycles. The third-order valence-electron chi connectivity index (χ3n) is 6.74. The molecule has 0 aliphatic carbocycles. The molecule has 0 radical (unpaired) electrons. The molecule has 0 saturated heterocycles. The summed E-state index contributed by atoms with van der Waals surface area (Å²) in [6, 6.07) is 21.7. The third kappa shape index (κ3) is 8.74. The molecule has 0 spiro atoms. The van der Waals surface area contributed by atoms with E-state index in [2.05, 4.69) is 26.1 Å². The van der Waals surface area contributed by atoms with Crippen LogP contribution in [0.25, 0.3) is 0 Å². The van der Waals surface area contributed by atoms with Crippen molar-refractivity contribution in [3.63, 3.8) is 0 Å². The molecule has 2 amide bonds. The van der Waals surface area contributed by atoms with Gasteiger partial charge in [-0.1, -0.05) is 99.4 Å². The van der Waals surface area contributed by atoms with Crippen molar-refractivity contribution in [1.82, 2.24) is 10.2 Å². The number of carbonyl (C=O) groups is 2. The quantitative estimate of drug-likeness (QED) is 0.265. The van der Waals surface area contributed by atoms with Crippen LogP contribution in [0.2, 0.25) is 10.0 Å². The smallest absolute Gasteiger partial charge is 0.261 e. The van der Waals surface area contributed by atoms with E-state index in [0.717, 1.165) is 12.0 Å². The number of halogens is 2. The molecule has 0 heterocycles. The first kappa shape index (κ1) is 30.5. The van der Waals surface area contributed by atoms with Crippen LogP contribution in [-0.4, -0.2) is 35.4 Å². The van der Waals surface area contributed by atoms with Crippen LogP contribution < -0.4 is 10.1 Å². The first-order valence-electron chi connectivity index (χ1n) is 13.3. The Labute approximate surface area is 242 Å². The summed E-state index contributed by atoms with van der Waals surface area (Å²) in [6.07, 6.45) is 1.10. The highest BCUT2D eigenvalue weighted by Gasteiger charge is 2.32. The molecule has 0 bridgehead atoms. The summed E-state index contributed by atoms with van der Waals surface area (Å²) in [7, 11) is 0. The Balaban J connectivity index is 1.93. The number of amides is 2. The van der Waals surface area contributed by atoms with E-state index in [1.165, 1.54) is 10.5 Å². The maximum absolute atomic E-state index is 13.8. The lowest BCUT2D eigenvalue weighted by molar-refractivity contribution is -0.143. The van der Waals surface area contributed by atoms with Crippen LogP contribution in [0, 0.1) is 0 Å². The van der Waals surface area contributed by atoms with Gasteiger partial charge in [-0.2, -0.15) is 0 Å². The predicted octanol–water partition coefficient (Wildman–Crippen LogP) is 7.22. The van der Waals surface area contributed by atoms with Gasteiger partial charge in [-0.3, -0.25) is 9.59 Å². The summed E-state index contributed by atoms with van der Waals surface area (Å²) in [5.41, 5.74) is 2.69. The second-order valence-corrected chi connectivity index (χ2v) is 11.6. The monoisotopic (exact) mass is 568 g/mol. The normalized spacial score (nSPS) is 12.9. The van der Waals surface area contributed by atoms with Crippen molar-refractivity contribution in [2.45, 2.75) is 71.5 Å². The Hall–Kier alpha value is -3.02. The van der Waals surface area contributed by atoms with E-state index >= 15 is 0 Å². The van der Waals surface area contributed by atoms with Crippen LogP contribution in [0.1, 0.15) is 57.7 Å². The summed E-state index contributed by atoms with van der Waals surface area (Å²) in [5, 5.41) is 3.92. The number of nitrogens with zero attached hydrogens (tertiary/aromatic N) is 1. The summed E-state index contributed by atoms with van der Waals surface area (Å²) in [5.74, 6) is 0.00104. The molecular weight excluding hydrogens is 531 g/mol. The van der Waals surface area contributed by atoms with Crippen molar-refractivity contribution in [3.05, 3.63) is 99.5 Å². The van der Waals surface area contributed by atoms with Crippen molar-refractivity contribution < 1.29 is 14.3 Å². The molecule has 0 aliphatic heterocycles. The minimum Gasteiger partial charge on any atom is -0.484 e. The second-order valence-electron chi connectivity index (χ2n) is 10.8. The second kappa shape index (κ2) is 13.9. The van der Waals surface area contributed by atoms with E-state index in [4.69, 9.17) is 27.9 Å². The fraction of sp³-hybridized carbons (Fsp3) is 0.375. The van der Waals surface area contributed by atoms with Crippen molar-refractivity contribution in [3.8, 4) is 5.75 Å². The van der Waals surface area contributed by atoms with Crippen molar-refractivity contribution in [2.24, 2.45) is 0 Å². The number of nitrogens with one attached hydrogen (secondary N) is 1. The Morgan fingerprint density at radius 2 is 1.54 bits per heavy atom. The standard InChI is InChI=1S/C32H38Cl2N2O3/c1-6-22(2)35-31(38)29(19-23-11-8-7-9-12-23)36(20-26-27(33)13-10-14-28(26)34)30(37)21-39-25-17-15-24(16-18-25)32(3,4)5/h7-18,22,29H,6,19-21H2,1-5H3,(H,35,38)/t22-,29+/m1/s1. The molecule has 5 nitrogen and oxygen atoms in total. The molecule has 0 fully saturated rings. The minimum absolute atomic E-state index is 0.00696. The molecule has 3 aromatic rings. The molecular formula is C32H38Cl2N2O3. The average molecular weight is 570 g/mol. The zero-order valence-electron chi connectivity index (χ0n) is 23.3. The van der Waals surface area contributed by atoms with Gasteiger partial charge in [0.15, 0.2) is 6.61 Å². The third-order valence-corrected chi connectivity index (χ3v) is 7.45. The Kier molecular flexibility index (Phi) is 10.8. The Morgan fingerprint density at radius 3 is 2.10 bits per heavy atom. The molecule has 0 aliphatic rings. The number of hydrogen-bond acceptors (Lipinski definition) is 3. The summed E-state index contributed by atoms with van der Waals surface area (Å²) in [6.45, 7) is 10.2. The Morgan fingerprint density at radius 1 is 0.923 bits per heavy atom. The zero-order chi connectivity index (χ0) is 28.6. The van der Waals surface area contributed by atoms with E-state index in [9.17, 15) is 9.59 Å². The Bertz CT molecular complexity index is 1220. The topological polar surface area (TPSA) is 58.6 Å². The maximum atomic E-state index is 13.8. The van der Waals surface area contributed by atoms with Crippen LogP contribution in [0.4, 0.5) is 0 Å². The molecule has 7 heteroatoms. The molecule has 39 heavy (non-hydrogen) atoms. The molecule has 0 unspecified atom stereocenters. The van der Waals surface area contributed by atoms with Gasteiger partial charge in [0, 0.05) is 34.6 Å². The van der Waals surface area contributed by atoms with Crippen molar-refractivity contribution in [1.29, 1.82) is 0 Å². The predicted molar refractivity (Wildman–Crippen MR) is 159 cm³/mol. The summed E-state index contributed by atoms with van der Waals surface area (Å²) in [4.78, 5) is 28.9. The van der Waals surface area contributed by atoms with Gasteiger partial charge in [-0.05, 0) is 54.2 Å². The number of rotatable bonds is 11. The highest BCUT2D eigenvalue weighted by atomic mass is 35.5. The van der Waals surface area contributed by atoms with E-state index in [0.29, 0.717) is 27.8 Å². The largest absolute Gasteiger partial charge is 0.484 e. The molecule has 2 atom stereocenters. The molecule has 1 N–H and O–H groups in total. The van der Waals surface area contributed by atoms with E-state index < -0.39 is 6.04 Å². The molecule has 208 valence electrons.